The van der Waals surface area contributed by atoms with Crippen LogP contribution >= 0.6 is 0 Å². The lowest BCUT2D eigenvalue weighted by molar-refractivity contribution is -0.246. The Morgan fingerprint density at radius 2 is 1.84 bits per heavy atom. The second-order valence-corrected chi connectivity index (χ2v) is 9.77. The number of hydrogen-bond acceptors (Lipinski definition) is 11. The highest BCUT2D eigenvalue weighted by Crippen LogP contribution is 2.52. The third-order valence-corrected chi connectivity index (χ3v) is 7.39. The van der Waals surface area contributed by atoms with Gasteiger partial charge in [0.15, 0.2) is 18.4 Å². The first-order valence-corrected chi connectivity index (χ1v) is 11.8. The van der Waals surface area contributed by atoms with Crippen LogP contribution in [0.25, 0.3) is 0 Å². The van der Waals surface area contributed by atoms with E-state index in [1.54, 1.807) is 6.92 Å². The Kier molecular flexibility index (Phi) is 6.08. The van der Waals surface area contributed by atoms with Gasteiger partial charge in [0, 0.05) is 42.0 Å². The average molecular weight is 513 g/mol. The number of phenols is 2. The fraction of sp³-hybridized carbons (Fsp3) is 0.423. The van der Waals surface area contributed by atoms with Gasteiger partial charge in [0.05, 0.1) is 42.1 Å². The molecular formula is C26H27NO10. The molecule has 5 rings (SSSR count). The van der Waals surface area contributed by atoms with Gasteiger partial charge in [-0.2, -0.15) is 0 Å². The number of methoxy groups -OCH3 is 1. The second-order valence-electron chi connectivity index (χ2n) is 9.77. The smallest absolute Gasteiger partial charge is 0.202 e. The maximum atomic E-state index is 13.6. The second kappa shape index (κ2) is 8.89. The zero-order valence-corrected chi connectivity index (χ0v) is 20.1. The lowest BCUT2D eigenvalue weighted by Gasteiger charge is -2.41. The summed E-state index contributed by atoms with van der Waals surface area (Å²) in [7, 11) is 1.34. The molecule has 196 valence electrons. The summed E-state index contributed by atoms with van der Waals surface area (Å²) in [6, 6.07) is 3.74. The number of aliphatic hydroxyl groups is 2. The van der Waals surface area contributed by atoms with Crippen molar-refractivity contribution in [2.75, 3.05) is 7.11 Å². The number of rotatable bonds is 4. The quantitative estimate of drug-likeness (QED) is 0.243. The number of aliphatic hydroxyl groups excluding tert-OH is 1. The summed E-state index contributed by atoms with van der Waals surface area (Å²) in [5.41, 5.74) is 2.93. The van der Waals surface area contributed by atoms with E-state index in [1.807, 2.05) is 0 Å². The number of benzene rings is 2. The van der Waals surface area contributed by atoms with Crippen LogP contribution in [0.2, 0.25) is 0 Å². The van der Waals surface area contributed by atoms with Crippen LogP contribution in [0.1, 0.15) is 68.8 Å². The number of ether oxygens (including phenoxy) is 3. The zero-order chi connectivity index (χ0) is 26.8. The van der Waals surface area contributed by atoms with E-state index in [9.17, 15) is 34.8 Å². The highest BCUT2D eigenvalue weighted by Gasteiger charge is 2.47. The molecule has 1 saturated heterocycles. The van der Waals surface area contributed by atoms with Crippen LogP contribution in [0, 0.1) is 0 Å². The van der Waals surface area contributed by atoms with Crippen molar-refractivity contribution in [3.8, 4) is 17.2 Å². The molecule has 1 fully saturated rings. The molecule has 3 aliphatic rings. The SMILES string of the molecule is COc1cccc2c1C(=O)c1c(O)c3c(c(O)c1C2=O)C[C@@](O)(C=O)C[C@@H]3O[C@H]1C[C@H](N)[C@H](O)[C@H](C)O1. The van der Waals surface area contributed by atoms with Crippen molar-refractivity contribution in [2.45, 2.75) is 62.4 Å². The summed E-state index contributed by atoms with van der Waals surface area (Å²) in [4.78, 5) is 38.8. The number of carbonyl (C=O) groups is 3. The molecule has 11 heteroatoms. The average Bonchev–Trinajstić information content (AvgIpc) is 2.87. The number of hydrogen-bond donors (Lipinski definition) is 5. The fourth-order valence-corrected chi connectivity index (χ4v) is 5.51. The number of fused-ring (bicyclic) bond motifs is 3. The van der Waals surface area contributed by atoms with Crippen molar-refractivity contribution in [3.05, 3.63) is 51.6 Å². The molecule has 0 radical (unpaired) electrons. The Bertz CT molecular complexity index is 1310. The van der Waals surface area contributed by atoms with Gasteiger partial charge in [-0.25, -0.2) is 0 Å². The summed E-state index contributed by atoms with van der Waals surface area (Å²) >= 11 is 0. The third-order valence-electron chi connectivity index (χ3n) is 7.39. The van der Waals surface area contributed by atoms with Gasteiger partial charge in [-0.15, -0.1) is 0 Å². The van der Waals surface area contributed by atoms with Gasteiger partial charge in [0.25, 0.3) is 0 Å². The predicted molar refractivity (Wildman–Crippen MR) is 126 cm³/mol. The van der Waals surface area contributed by atoms with Crippen LogP contribution in [0.4, 0.5) is 0 Å². The van der Waals surface area contributed by atoms with Crippen molar-refractivity contribution in [2.24, 2.45) is 5.73 Å². The Hall–Kier alpha value is -3.35. The number of nitrogens with two attached hydrogens (primary N) is 1. The van der Waals surface area contributed by atoms with Crippen LogP contribution in [0.5, 0.6) is 17.2 Å². The molecule has 2 aliphatic carbocycles. The number of carbonyl (C=O) groups excluding carboxylic acids is 3. The number of phenolic OH excluding ortho intramolecular Hbond substituents is 2. The lowest BCUT2D eigenvalue weighted by atomic mass is 9.73. The molecule has 2 aromatic carbocycles. The monoisotopic (exact) mass is 513 g/mol. The van der Waals surface area contributed by atoms with E-state index in [4.69, 9.17) is 19.9 Å². The molecule has 37 heavy (non-hydrogen) atoms. The van der Waals surface area contributed by atoms with Crippen LogP contribution in [0.15, 0.2) is 18.2 Å². The van der Waals surface area contributed by atoms with E-state index >= 15 is 0 Å². The summed E-state index contributed by atoms with van der Waals surface area (Å²) in [6.07, 6.45) is -4.23. The Morgan fingerprint density at radius 1 is 1.14 bits per heavy atom. The third kappa shape index (κ3) is 3.82. The van der Waals surface area contributed by atoms with Gasteiger partial charge in [0.2, 0.25) is 5.78 Å². The molecule has 2 aromatic rings. The molecule has 6 N–H and O–H groups in total. The highest BCUT2D eigenvalue weighted by atomic mass is 16.7. The first-order valence-electron chi connectivity index (χ1n) is 11.8. The number of aromatic hydroxyl groups is 2. The topological polar surface area (TPSA) is 186 Å². The van der Waals surface area contributed by atoms with Gasteiger partial charge >= 0.3 is 0 Å². The molecule has 0 aromatic heterocycles. The van der Waals surface area contributed by atoms with Crippen LogP contribution in [-0.2, 0) is 20.7 Å². The van der Waals surface area contributed by atoms with Gasteiger partial charge in [0.1, 0.15) is 22.8 Å². The molecule has 11 nitrogen and oxygen atoms in total. The minimum absolute atomic E-state index is 0.0158. The summed E-state index contributed by atoms with van der Waals surface area (Å²) in [6.45, 7) is 1.60. The Morgan fingerprint density at radius 3 is 2.49 bits per heavy atom. The Labute approximate surface area is 211 Å². The van der Waals surface area contributed by atoms with Crippen LogP contribution in [-0.4, -0.2) is 75.5 Å². The van der Waals surface area contributed by atoms with E-state index in [2.05, 4.69) is 0 Å². The minimum Gasteiger partial charge on any atom is -0.507 e. The lowest BCUT2D eigenvalue weighted by Crippen LogP contribution is -2.52. The standard InChI is InChI=1S/C26H27NO10/c1-10-21(29)13(27)6-16(36-10)37-15-8-26(34,9-28)7-12-18(15)25(33)20-19(23(12)31)22(30)11-4-3-5-14(35-2)17(11)24(20)32/h3-5,9-10,13,15-16,21,29,31,33-34H,6-8,27H2,1-2H3/t10-,13-,15-,16-,21+,26-/m0/s1. The molecule has 0 unspecified atom stereocenters. The van der Waals surface area contributed by atoms with Gasteiger partial charge in [-0.1, -0.05) is 12.1 Å². The molecule has 6 atom stereocenters. The van der Waals surface area contributed by atoms with Crippen molar-refractivity contribution >= 4 is 17.9 Å². The molecule has 0 spiro atoms. The first kappa shape index (κ1) is 25.3. The number of ketones is 2. The van der Waals surface area contributed by atoms with Crippen molar-refractivity contribution in [1.82, 2.24) is 0 Å². The highest BCUT2D eigenvalue weighted by molar-refractivity contribution is 6.31. The van der Waals surface area contributed by atoms with Crippen molar-refractivity contribution < 1.29 is 49.0 Å². The van der Waals surface area contributed by atoms with Crippen molar-refractivity contribution in [1.29, 1.82) is 0 Å². The maximum Gasteiger partial charge on any atom is 0.202 e. The zero-order valence-electron chi connectivity index (χ0n) is 20.1. The van der Waals surface area contributed by atoms with E-state index in [0.717, 1.165) is 0 Å². The summed E-state index contributed by atoms with van der Waals surface area (Å²) in [5, 5.41) is 43.6. The molecule has 1 heterocycles. The molecule has 1 aliphatic heterocycles. The largest absolute Gasteiger partial charge is 0.507 e. The van der Waals surface area contributed by atoms with Crippen LogP contribution in [0.3, 0.4) is 0 Å². The minimum atomic E-state index is -2.00. The number of aldehydes is 1. The van der Waals surface area contributed by atoms with E-state index < -0.39 is 76.9 Å². The van der Waals surface area contributed by atoms with E-state index in [0.29, 0.717) is 6.29 Å². The van der Waals surface area contributed by atoms with Gasteiger partial charge in [-0.3, -0.25) is 9.59 Å². The van der Waals surface area contributed by atoms with E-state index in [1.165, 1.54) is 25.3 Å². The predicted octanol–water partition coefficient (Wildman–Crippen LogP) is 0.639. The molecule has 0 amide bonds. The summed E-state index contributed by atoms with van der Waals surface area (Å²) < 4.78 is 17.0. The Balaban J connectivity index is 1.67. The molecular weight excluding hydrogens is 486 g/mol. The fourth-order valence-electron chi connectivity index (χ4n) is 5.51. The maximum absolute atomic E-state index is 13.6. The van der Waals surface area contributed by atoms with Gasteiger partial charge in [-0.05, 0) is 13.0 Å². The van der Waals surface area contributed by atoms with E-state index in [-0.39, 0.29) is 40.8 Å². The van der Waals surface area contributed by atoms with Crippen LogP contribution < -0.4 is 10.5 Å². The molecule has 0 saturated carbocycles. The first-order chi connectivity index (χ1) is 17.5. The van der Waals surface area contributed by atoms with Crippen molar-refractivity contribution in [3.63, 3.8) is 0 Å². The summed E-state index contributed by atoms with van der Waals surface area (Å²) in [5.74, 6) is -2.57. The molecule has 0 bridgehead atoms. The normalized spacial score (nSPS) is 30.8. The van der Waals surface area contributed by atoms with Gasteiger partial charge < -0.3 is 45.2 Å².